The number of rotatable bonds is 8. The summed E-state index contributed by atoms with van der Waals surface area (Å²) in [6.07, 6.45) is 1.05. The number of alkyl halides is 1. The summed E-state index contributed by atoms with van der Waals surface area (Å²) in [5, 5.41) is 0.960. The number of benzene rings is 3. The van der Waals surface area contributed by atoms with Crippen molar-refractivity contribution in [3.8, 4) is 0 Å². The van der Waals surface area contributed by atoms with Crippen LogP contribution in [-0.4, -0.2) is 16.3 Å². The molecule has 0 spiro atoms. The fourth-order valence-electron chi connectivity index (χ4n) is 3.12. The van der Waals surface area contributed by atoms with Crippen molar-refractivity contribution in [2.75, 3.05) is 5.33 Å². The Balaban J connectivity index is 1.80. The zero-order valence-electron chi connectivity index (χ0n) is 14.4. The molecule has 0 radical (unpaired) electrons. The minimum absolute atomic E-state index is 0.447. The Morgan fingerprint density at radius 3 is 1.40 bits per heavy atom. The summed E-state index contributed by atoms with van der Waals surface area (Å²) in [5.41, 5.74) is 4.10. The molecule has 0 aliphatic heterocycles. The van der Waals surface area contributed by atoms with Crippen LogP contribution in [0.15, 0.2) is 91.0 Å². The molecule has 2 heteroatoms. The molecule has 3 aromatic rings. The van der Waals surface area contributed by atoms with E-state index in [1.54, 1.807) is 0 Å². The zero-order valence-corrected chi connectivity index (χ0v) is 16.0. The average Bonchev–Trinajstić information content (AvgIpc) is 2.68. The second kappa shape index (κ2) is 9.55. The summed E-state index contributed by atoms with van der Waals surface area (Å²) < 4.78 is 0. The first-order valence-electron chi connectivity index (χ1n) is 8.77. The van der Waals surface area contributed by atoms with Crippen LogP contribution >= 0.6 is 15.9 Å². The van der Waals surface area contributed by atoms with Crippen LogP contribution in [-0.2, 0) is 19.5 Å². The largest absolute Gasteiger partial charge is 0.291 e. The van der Waals surface area contributed by atoms with Crippen molar-refractivity contribution in [3.05, 3.63) is 108 Å². The first-order valence-corrected chi connectivity index (χ1v) is 9.89. The van der Waals surface area contributed by atoms with Gasteiger partial charge >= 0.3 is 0 Å². The van der Waals surface area contributed by atoms with Gasteiger partial charge in [-0.3, -0.25) is 4.90 Å². The fraction of sp³-hybridized carbons (Fsp3) is 0.217. The van der Waals surface area contributed by atoms with Crippen molar-refractivity contribution in [2.24, 2.45) is 0 Å². The molecular formula is C23H24BrN. The molecule has 0 aromatic heterocycles. The molecule has 3 rings (SSSR count). The molecular weight excluding hydrogens is 370 g/mol. The van der Waals surface area contributed by atoms with Crippen LogP contribution in [0.25, 0.3) is 0 Å². The number of hydrogen-bond acceptors (Lipinski definition) is 1. The van der Waals surface area contributed by atoms with Crippen LogP contribution in [0.1, 0.15) is 16.7 Å². The lowest BCUT2D eigenvalue weighted by molar-refractivity contribution is 0.193. The van der Waals surface area contributed by atoms with Gasteiger partial charge < -0.3 is 0 Å². The summed E-state index contributed by atoms with van der Waals surface area (Å²) in [4.78, 5) is 2.58. The number of nitrogens with zero attached hydrogens (tertiary/aromatic N) is 1. The minimum Gasteiger partial charge on any atom is -0.291 e. The quantitative estimate of drug-likeness (QED) is 0.444. The van der Waals surface area contributed by atoms with Crippen molar-refractivity contribution < 1.29 is 0 Å². The van der Waals surface area contributed by atoms with Crippen molar-refractivity contribution >= 4 is 15.9 Å². The van der Waals surface area contributed by atoms with Crippen LogP contribution in [0.5, 0.6) is 0 Å². The molecule has 1 atom stereocenters. The third-order valence-corrected chi connectivity index (χ3v) is 5.21. The van der Waals surface area contributed by atoms with Gasteiger partial charge in [0.25, 0.3) is 0 Å². The van der Waals surface area contributed by atoms with Crippen LogP contribution < -0.4 is 0 Å². The number of hydrogen-bond donors (Lipinski definition) is 0. The van der Waals surface area contributed by atoms with Crippen molar-refractivity contribution in [3.63, 3.8) is 0 Å². The van der Waals surface area contributed by atoms with Crippen LogP contribution in [0.4, 0.5) is 0 Å². The van der Waals surface area contributed by atoms with Crippen LogP contribution in [0.3, 0.4) is 0 Å². The monoisotopic (exact) mass is 393 g/mol. The second-order valence-electron chi connectivity index (χ2n) is 6.37. The molecule has 0 aliphatic rings. The van der Waals surface area contributed by atoms with E-state index in [-0.39, 0.29) is 0 Å². The molecule has 0 N–H and O–H groups in total. The summed E-state index contributed by atoms with van der Waals surface area (Å²) in [6.45, 7) is 1.91. The Morgan fingerprint density at radius 2 is 1.00 bits per heavy atom. The third-order valence-electron chi connectivity index (χ3n) is 4.47. The Kier molecular flexibility index (Phi) is 6.84. The van der Waals surface area contributed by atoms with Gasteiger partial charge in [0.1, 0.15) is 0 Å². The Morgan fingerprint density at radius 1 is 0.600 bits per heavy atom. The standard InChI is InChI=1S/C23H24BrN/c24-17-23(16-20-10-4-1-5-11-20)25(18-21-12-6-2-7-13-21)19-22-14-8-3-9-15-22/h1-15,23H,16-19H2/t23-/m0/s1. The molecule has 1 nitrogen and oxygen atoms in total. The first kappa shape index (κ1) is 17.9. The Labute approximate surface area is 159 Å². The Bertz CT molecular complexity index is 686. The van der Waals surface area contributed by atoms with Gasteiger partial charge in [0, 0.05) is 24.5 Å². The highest BCUT2D eigenvalue weighted by Crippen LogP contribution is 2.18. The molecule has 3 aromatic carbocycles. The van der Waals surface area contributed by atoms with Crippen molar-refractivity contribution in [2.45, 2.75) is 25.6 Å². The molecule has 0 aliphatic carbocycles. The van der Waals surface area contributed by atoms with E-state index in [9.17, 15) is 0 Å². The molecule has 0 amide bonds. The highest BCUT2D eigenvalue weighted by molar-refractivity contribution is 9.09. The predicted molar refractivity (Wildman–Crippen MR) is 110 cm³/mol. The van der Waals surface area contributed by atoms with Crippen LogP contribution in [0, 0.1) is 0 Å². The van der Waals surface area contributed by atoms with Crippen LogP contribution in [0.2, 0.25) is 0 Å². The second-order valence-corrected chi connectivity index (χ2v) is 7.02. The fourth-order valence-corrected chi connectivity index (χ4v) is 3.76. The van der Waals surface area contributed by atoms with E-state index >= 15 is 0 Å². The molecule has 0 unspecified atom stereocenters. The topological polar surface area (TPSA) is 3.24 Å². The number of halogens is 1. The SMILES string of the molecule is BrC[C@H](Cc1ccccc1)N(Cc1ccccc1)Cc1ccccc1. The van der Waals surface area contributed by atoms with E-state index in [1.807, 2.05) is 0 Å². The van der Waals surface area contributed by atoms with Gasteiger partial charge in [0.2, 0.25) is 0 Å². The molecule has 0 heterocycles. The van der Waals surface area contributed by atoms with E-state index in [0.29, 0.717) is 6.04 Å². The van der Waals surface area contributed by atoms with E-state index in [1.165, 1.54) is 16.7 Å². The molecule has 128 valence electrons. The third kappa shape index (κ3) is 5.55. The van der Waals surface area contributed by atoms with Gasteiger partial charge in [-0.25, -0.2) is 0 Å². The van der Waals surface area contributed by atoms with Crippen molar-refractivity contribution in [1.82, 2.24) is 4.90 Å². The molecule has 0 fully saturated rings. The lowest BCUT2D eigenvalue weighted by Crippen LogP contribution is -2.37. The summed E-state index contributed by atoms with van der Waals surface area (Å²) in [6, 6.07) is 32.7. The first-order chi connectivity index (χ1) is 12.3. The van der Waals surface area contributed by atoms with E-state index in [2.05, 4.69) is 112 Å². The smallest absolute Gasteiger partial charge is 0.0240 e. The zero-order chi connectivity index (χ0) is 17.3. The van der Waals surface area contributed by atoms with Gasteiger partial charge in [-0.05, 0) is 23.1 Å². The van der Waals surface area contributed by atoms with E-state index in [0.717, 1.165) is 24.8 Å². The van der Waals surface area contributed by atoms with Gasteiger partial charge in [0.05, 0.1) is 0 Å². The van der Waals surface area contributed by atoms with Crippen molar-refractivity contribution in [1.29, 1.82) is 0 Å². The lowest BCUT2D eigenvalue weighted by atomic mass is 10.0. The lowest BCUT2D eigenvalue weighted by Gasteiger charge is -2.31. The normalized spacial score (nSPS) is 12.2. The maximum atomic E-state index is 3.76. The summed E-state index contributed by atoms with van der Waals surface area (Å²) in [7, 11) is 0. The molecule has 0 bridgehead atoms. The molecule has 0 saturated heterocycles. The van der Waals surface area contributed by atoms with E-state index < -0.39 is 0 Å². The minimum atomic E-state index is 0.447. The predicted octanol–water partition coefficient (Wildman–Crippen LogP) is 5.70. The summed E-state index contributed by atoms with van der Waals surface area (Å²) >= 11 is 3.76. The maximum absolute atomic E-state index is 3.76. The van der Waals surface area contributed by atoms with Gasteiger partial charge in [-0.2, -0.15) is 0 Å². The highest BCUT2D eigenvalue weighted by Gasteiger charge is 2.18. The molecule has 25 heavy (non-hydrogen) atoms. The van der Waals surface area contributed by atoms with E-state index in [4.69, 9.17) is 0 Å². The average molecular weight is 394 g/mol. The Hall–Kier alpha value is -1.90. The van der Waals surface area contributed by atoms with Gasteiger partial charge in [-0.15, -0.1) is 0 Å². The highest BCUT2D eigenvalue weighted by atomic mass is 79.9. The molecule has 0 saturated carbocycles. The van der Waals surface area contributed by atoms with Gasteiger partial charge in [-0.1, -0.05) is 107 Å². The maximum Gasteiger partial charge on any atom is 0.0240 e. The summed E-state index contributed by atoms with van der Waals surface area (Å²) in [5.74, 6) is 0. The van der Waals surface area contributed by atoms with Gasteiger partial charge in [0.15, 0.2) is 0 Å².